The highest BCUT2D eigenvalue weighted by atomic mass is 16.6. The Labute approximate surface area is 154 Å². The molecule has 3 N–H and O–H groups in total. The molecule has 3 rings (SSSR count). The summed E-state index contributed by atoms with van der Waals surface area (Å²) < 4.78 is 0. The fourth-order valence-electron chi connectivity index (χ4n) is 2.49. The van der Waals surface area contributed by atoms with Gasteiger partial charge in [-0.3, -0.25) is 30.6 Å². The normalized spacial score (nSPS) is 10.2. The van der Waals surface area contributed by atoms with Gasteiger partial charge >= 0.3 is 0 Å². The van der Waals surface area contributed by atoms with Crippen molar-refractivity contribution in [2.24, 2.45) is 0 Å². The van der Waals surface area contributed by atoms with E-state index in [1.165, 1.54) is 18.2 Å². The Morgan fingerprint density at radius 3 is 2.44 bits per heavy atom. The maximum atomic E-state index is 12.0. The van der Waals surface area contributed by atoms with Crippen LogP contribution in [0.4, 0.5) is 11.4 Å². The molecular formula is C19H16N4O4. The highest BCUT2D eigenvalue weighted by Gasteiger charge is 2.12. The summed E-state index contributed by atoms with van der Waals surface area (Å²) in [5, 5.41) is 15.8. The second kappa shape index (κ2) is 7.96. The van der Waals surface area contributed by atoms with Gasteiger partial charge in [0.05, 0.1) is 11.5 Å². The topological polar surface area (TPSA) is 113 Å². The van der Waals surface area contributed by atoms with E-state index in [-0.39, 0.29) is 17.8 Å². The first-order valence-electron chi connectivity index (χ1n) is 8.09. The molecule has 0 aliphatic rings. The van der Waals surface area contributed by atoms with Gasteiger partial charge in [-0.15, -0.1) is 0 Å². The second-order valence-electron chi connectivity index (χ2n) is 5.73. The van der Waals surface area contributed by atoms with Crippen LogP contribution in [-0.2, 0) is 4.79 Å². The lowest BCUT2D eigenvalue weighted by Crippen LogP contribution is -2.44. The molecule has 0 unspecified atom stereocenters. The van der Waals surface area contributed by atoms with Crippen molar-refractivity contribution in [3.8, 4) is 0 Å². The zero-order valence-electron chi connectivity index (χ0n) is 14.1. The zero-order chi connectivity index (χ0) is 19.2. The first-order chi connectivity index (χ1) is 13.0. The number of hydrogen-bond acceptors (Lipinski definition) is 5. The largest absolute Gasteiger partial charge is 0.376 e. The van der Waals surface area contributed by atoms with Gasteiger partial charge in [-0.2, -0.15) is 0 Å². The van der Waals surface area contributed by atoms with Crippen molar-refractivity contribution < 1.29 is 14.5 Å². The molecule has 27 heavy (non-hydrogen) atoms. The predicted octanol–water partition coefficient (Wildman–Crippen LogP) is 2.62. The first kappa shape index (κ1) is 17.9. The molecule has 0 bridgehead atoms. The van der Waals surface area contributed by atoms with E-state index >= 15 is 0 Å². The van der Waals surface area contributed by atoms with Crippen LogP contribution in [0.25, 0.3) is 10.8 Å². The molecule has 0 aromatic heterocycles. The molecule has 3 aromatic rings. The highest BCUT2D eigenvalue weighted by molar-refractivity contribution is 5.96. The van der Waals surface area contributed by atoms with Crippen LogP contribution in [0.3, 0.4) is 0 Å². The summed E-state index contributed by atoms with van der Waals surface area (Å²) in [4.78, 5) is 34.0. The van der Waals surface area contributed by atoms with Crippen molar-refractivity contribution in [1.29, 1.82) is 0 Å². The van der Waals surface area contributed by atoms with Crippen LogP contribution in [0.5, 0.6) is 0 Å². The van der Waals surface area contributed by atoms with E-state index in [4.69, 9.17) is 0 Å². The number of non-ortho nitro benzene ring substituents is 1. The number of nitro groups is 1. The Morgan fingerprint density at radius 2 is 1.67 bits per heavy atom. The Hall–Kier alpha value is -3.94. The van der Waals surface area contributed by atoms with Crippen LogP contribution in [0.2, 0.25) is 0 Å². The molecule has 0 heterocycles. The fraction of sp³-hybridized carbons (Fsp3) is 0.0526. The van der Waals surface area contributed by atoms with Gasteiger partial charge in [-0.1, -0.05) is 36.4 Å². The van der Waals surface area contributed by atoms with E-state index in [0.717, 1.165) is 22.5 Å². The number of anilines is 1. The molecule has 0 spiro atoms. The van der Waals surface area contributed by atoms with E-state index in [0.29, 0.717) is 0 Å². The molecule has 0 saturated heterocycles. The zero-order valence-corrected chi connectivity index (χ0v) is 14.1. The summed E-state index contributed by atoms with van der Waals surface area (Å²) in [6.45, 7) is -0.0481. The van der Waals surface area contributed by atoms with Gasteiger partial charge in [-0.05, 0) is 29.0 Å². The Morgan fingerprint density at radius 1 is 0.889 bits per heavy atom. The quantitative estimate of drug-likeness (QED) is 0.476. The molecule has 136 valence electrons. The third kappa shape index (κ3) is 4.57. The lowest BCUT2D eigenvalue weighted by molar-refractivity contribution is -0.384. The van der Waals surface area contributed by atoms with Gasteiger partial charge < -0.3 is 5.32 Å². The minimum absolute atomic E-state index is 0.0481. The van der Waals surface area contributed by atoms with Crippen molar-refractivity contribution in [2.75, 3.05) is 11.9 Å². The van der Waals surface area contributed by atoms with Gasteiger partial charge in [0.1, 0.15) is 0 Å². The minimum Gasteiger partial charge on any atom is -0.376 e. The molecule has 3 aromatic carbocycles. The summed E-state index contributed by atoms with van der Waals surface area (Å²) in [5.41, 5.74) is 5.14. The molecule has 2 amide bonds. The minimum atomic E-state index is -0.641. The average Bonchev–Trinajstić information content (AvgIpc) is 2.70. The summed E-state index contributed by atoms with van der Waals surface area (Å²) >= 11 is 0. The Bertz CT molecular complexity index is 1020. The van der Waals surface area contributed by atoms with Crippen LogP contribution >= 0.6 is 0 Å². The van der Waals surface area contributed by atoms with E-state index in [1.807, 2.05) is 42.5 Å². The van der Waals surface area contributed by atoms with Crippen LogP contribution in [0, 0.1) is 10.1 Å². The number of amides is 2. The summed E-state index contributed by atoms with van der Waals surface area (Å²) in [6, 6.07) is 18.8. The average molecular weight is 364 g/mol. The molecule has 8 nitrogen and oxygen atoms in total. The number of fused-ring (bicyclic) bond motifs is 1. The van der Waals surface area contributed by atoms with Crippen LogP contribution in [-0.4, -0.2) is 23.3 Å². The summed E-state index contributed by atoms with van der Waals surface area (Å²) in [6.07, 6.45) is 0. The van der Waals surface area contributed by atoms with Crippen molar-refractivity contribution in [3.63, 3.8) is 0 Å². The van der Waals surface area contributed by atoms with Gasteiger partial charge in [0.25, 0.3) is 17.5 Å². The summed E-state index contributed by atoms with van der Waals surface area (Å²) in [5.74, 6) is -1.10. The lowest BCUT2D eigenvalue weighted by atomic mass is 10.1. The maximum Gasteiger partial charge on any atom is 0.270 e. The SMILES string of the molecule is O=C(CNc1ccc2ccccc2c1)NNC(=O)c1cccc([N+](=O)[O-])c1. The molecule has 0 aliphatic heterocycles. The first-order valence-corrected chi connectivity index (χ1v) is 8.09. The number of carbonyl (C=O) groups is 2. The smallest absolute Gasteiger partial charge is 0.270 e. The predicted molar refractivity (Wildman–Crippen MR) is 101 cm³/mol. The fourth-order valence-corrected chi connectivity index (χ4v) is 2.49. The highest BCUT2D eigenvalue weighted by Crippen LogP contribution is 2.18. The molecule has 0 radical (unpaired) electrons. The Kier molecular flexibility index (Phi) is 5.27. The number of carbonyl (C=O) groups excluding carboxylic acids is 2. The van der Waals surface area contributed by atoms with Crippen molar-refractivity contribution >= 4 is 34.0 Å². The third-order valence-electron chi connectivity index (χ3n) is 3.84. The van der Waals surface area contributed by atoms with E-state index in [1.54, 1.807) is 0 Å². The van der Waals surface area contributed by atoms with E-state index in [2.05, 4.69) is 16.2 Å². The second-order valence-corrected chi connectivity index (χ2v) is 5.73. The van der Waals surface area contributed by atoms with Gasteiger partial charge in [0, 0.05) is 23.4 Å². The monoisotopic (exact) mass is 364 g/mol. The Balaban J connectivity index is 1.52. The molecular weight excluding hydrogens is 348 g/mol. The van der Waals surface area contributed by atoms with Crippen molar-refractivity contribution in [3.05, 3.63) is 82.4 Å². The maximum absolute atomic E-state index is 12.0. The summed E-state index contributed by atoms with van der Waals surface area (Å²) in [7, 11) is 0. The van der Waals surface area contributed by atoms with Gasteiger partial charge in [0.15, 0.2) is 0 Å². The molecule has 0 atom stereocenters. The lowest BCUT2D eigenvalue weighted by Gasteiger charge is -2.10. The van der Waals surface area contributed by atoms with Crippen molar-refractivity contribution in [1.82, 2.24) is 10.9 Å². The number of nitrogens with one attached hydrogen (secondary N) is 3. The number of nitrogens with zero attached hydrogens (tertiary/aromatic N) is 1. The number of hydrazine groups is 1. The standard InChI is InChI=1S/C19H16N4O4/c24-18(12-20-16-9-8-13-4-1-2-5-14(13)10-16)21-22-19(25)15-6-3-7-17(11-15)23(26)27/h1-11,20H,12H2,(H,21,24)(H,22,25). The number of benzene rings is 3. The third-order valence-corrected chi connectivity index (χ3v) is 3.84. The van der Waals surface area contributed by atoms with Crippen molar-refractivity contribution in [2.45, 2.75) is 0 Å². The van der Waals surface area contributed by atoms with E-state index in [9.17, 15) is 19.7 Å². The molecule has 0 fully saturated rings. The van der Waals surface area contributed by atoms with Gasteiger partial charge in [-0.25, -0.2) is 0 Å². The number of nitro benzene ring substituents is 1. The van der Waals surface area contributed by atoms with E-state index < -0.39 is 16.7 Å². The molecule has 0 saturated carbocycles. The van der Waals surface area contributed by atoms with Crippen LogP contribution in [0.15, 0.2) is 66.7 Å². The van der Waals surface area contributed by atoms with Crippen LogP contribution < -0.4 is 16.2 Å². The number of rotatable bonds is 5. The molecule has 0 aliphatic carbocycles. The number of hydrogen-bond donors (Lipinski definition) is 3. The van der Waals surface area contributed by atoms with Gasteiger partial charge in [0.2, 0.25) is 0 Å². The molecule has 8 heteroatoms. The van der Waals surface area contributed by atoms with Crippen LogP contribution in [0.1, 0.15) is 10.4 Å².